The number of nitrogens with one attached hydrogen (secondary N) is 1. The molecule has 3 heterocycles. The van der Waals surface area contributed by atoms with E-state index in [-0.39, 0.29) is 5.04 Å². The molecule has 12 heteroatoms. The molecular formula is C33H48N8O3Si. The lowest BCUT2D eigenvalue weighted by Gasteiger charge is -2.37. The predicted octanol–water partition coefficient (Wildman–Crippen LogP) is 6.46. The number of carbonyl (C=O) groups is 1. The van der Waals surface area contributed by atoms with Gasteiger partial charge >= 0.3 is 6.09 Å². The zero-order valence-corrected chi connectivity index (χ0v) is 29.6. The molecule has 3 aromatic rings. The van der Waals surface area contributed by atoms with Crippen molar-refractivity contribution in [3.63, 3.8) is 0 Å². The summed E-state index contributed by atoms with van der Waals surface area (Å²) in [5.41, 5.74) is 2.11. The van der Waals surface area contributed by atoms with Gasteiger partial charge in [-0.3, -0.25) is 9.58 Å². The number of amides is 1. The van der Waals surface area contributed by atoms with Crippen LogP contribution in [0.3, 0.4) is 0 Å². The lowest BCUT2D eigenvalue weighted by Crippen LogP contribution is -2.46. The Labute approximate surface area is 268 Å². The van der Waals surface area contributed by atoms with E-state index in [0.717, 1.165) is 17.7 Å². The highest BCUT2D eigenvalue weighted by molar-refractivity contribution is 6.74. The summed E-state index contributed by atoms with van der Waals surface area (Å²) in [4.78, 5) is 26.5. The molecule has 11 nitrogen and oxygen atoms in total. The molecule has 2 aromatic heterocycles. The molecule has 0 saturated carbocycles. The second kappa shape index (κ2) is 12.5. The van der Waals surface area contributed by atoms with Gasteiger partial charge in [0.05, 0.1) is 16.9 Å². The molecule has 0 unspecified atom stereocenters. The Balaban J connectivity index is 1.69. The number of aromatic nitrogens is 4. The Morgan fingerprint density at radius 3 is 2.51 bits per heavy atom. The molecule has 0 saturated heterocycles. The fourth-order valence-corrected chi connectivity index (χ4v) is 6.30. The Kier molecular flexibility index (Phi) is 9.50. The molecule has 1 atom stereocenters. The number of fused-ring (bicyclic) bond motifs is 1. The maximum Gasteiger partial charge on any atom is 0.414 e. The number of hydrogen-bond acceptors (Lipinski definition) is 9. The second-order valence-electron chi connectivity index (χ2n) is 14.8. The average Bonchev–Trinajstić information content (AvgIpc) is 3.46. The summed E-state index contributed by atoms with van der Waals surface area (Å²) in [7, 11) is 2.03. The first-order valence-electron chi connectivity index (χ1n) is 15.3. The van der Waals surface area contributed by atoms with Gasteiger partial charge < -0.3 is 19.4 Å². The van der Waals surface area contributed by atoms with Gasteiger partial charge in [0, 0.05) is 62.7 Å². The second-order valence-corrected chi connectivity index (χ2v) is 19.6. The number of aryl methyl sites for hydroxylation is 1. The average molecular weight is 633 g/mol. The first-order chi connectivity index (χ1) is 20.8. The van der Waals surface area contributed by atoms with Crippen molar-refractivity contribution < 1.29 is 14.0 Å². The van der Waals surface area contributed by atoms with Crippen LogP contribution >= 0.6 is 0 Å². The SMILES string of the molecule is CN(CCO[Si](C)(C)C(C)(C)C)C[C@@]1(C)CN(C(=O)OC(C)(C)C)c2c(C#N)cc(-c3ccnc(Nc4ccn(C)n4)n3)cc21. The quantitative estimate of drug-likeness (QED) is 0.265. The van der Waals surface area contributed by atoms with Gasteiger partial charge in [0.15, 0.2) is 14.1 Å². The van der Waals surface area contributed by atoms with E-state index in [2.05, 4.69) is 74.2 Å². The smallest absolute Gasteiger partial charge is 0.414 e. The number of nitrogens with zero attached hydrogens (tertiary/aromatic N) is 7. The van der Waals surface area contributed by atoms with Crippen molar-refractivity contribution >= 4 is 31.9 Å². The molecule has 1 amide bonds. The molecule has 1 aromatic carbocycles. The first-order valence-corrected chi connectivity index (χ1v) is 18.2. The number of rotatable bonds is 9. The van der Waals surface area contributed by atoms with E-state index in [0.29, 0.717) is 48.4 Å². The zero-order valence-electron chi connectivity index (χ0n) is 28.6. The van der Waals surface area contributed by atoms with E-state index in [1.807, 2.05) is 52.2 Å². The maximum atomic E-state index is 13.5. The number of anilines is 3. The van der Waals surface area contributed by atoms with Crippen molar-refractivity contribution in [2.24, 2.45) is 7.05 Å². The van der Waals surface area contributed by atoms with Gasteiger partial charge in [0.25, 0.3) is 0 Å². The number of nitriles is 1. The molecule has 0 radical (unpaired) electrons. The van der Waals surface area contributed by atoms with E-state index in [1.54, 1.807) is 21.8 Å². The molecule has 1 aliphatic rings. The van der Waals surface area contributed by atoms with E-state index >= 15 is 0 Å². The molecule has 1 N–H and O–H groups in total. The summed E-state index contributed by atoms with van der Waals surface area (Å²) in [5, 5.41) is 18.0. The third-order valence-electron chi connectivity index (χ3n) is 8.54. The van der Waals surface area contributed by atoms with Gasteiger partial charge in [-0.2, -0.15) is 10.4 Å². The molecule has 0 aliphatic carbocycles. The van der Waals surface area contributed by atoms with Crippen LogP contribution in [-0.4, -0.2) is 77.9 Å². The van der Waals surface area contributed by atoms with Crippen LogP contribution < -0.4 is 10.2 Å². The summed E-state index contributed by atoms with van der Waals surface area (Å²) < 4.78 is 14.0. The Morgan fingerprint density at radius 1 is 1.20 bits per heavy atom. The standard InChI is InChI=1S/C33H48N8O3Si/c1-31(2,3)44-30(42)41-22-33(7,21-39(8)16-17-43-45(10,11)32(4,5)6)25-19-23(18-24(20-34)28(25)41)26-12-14-35-29(36-26)37-27-13-15-40(9)38-27/h12-15,18-19H,16-17,21-22H2,1-11H3,(H,35,36,37,38)/t33-/m0/s1. The van der Waals surface area contributed by atoms with E-state index < -0.39 is 25.4 Å². The third-order valence-corrected chi connectivity index (χ3v) is 13.1. The molecule has 4 rings (SSSR count). The molecule has 0 bridgehead atoms. The van der Waals surface area contributed by atoms with Crippen molar-refractivity contribution in [3.8, 4) is 17.3 Å². The fourth-order valence-electron chi connectivity index (χ4n) is 5.26. The van der Waals surface area contributed by atoms with E-state index in [1.165, 1.54) is 0 Å². The highest BCUT2D eigenvalue weighted by Gasteiger charge is 2.45. The van der Waals surface area contributed by atoms with E-state index in [4.69, 9.17) is 14.1 Å². The van der Waals surface area contributed by atoms with Crippen molar-refractivity contribution in [1.29, 1.82) is 5.26 Å². The Morgan fingerprint density at radius 2 is 1.91 bits per heavy atom. The van der Waals surface area contributed by atoms with Gasteiger partial charge in [-0.25, -0.2) is 14.8 Å². The van der Waals surface area contributed by atoms with Crippen LogP contribution in [0.4, 0.5) is 22.2 Å². The number of ether oxygens (including phenoxy) is 1. The highest BCUT2D eigenvalue weighted by Crippen LogP contribution is 2.46. The number of benzene rings is 1. The predicted molar refractivity (Wildman–Crippen MR) is 180 cm³/mol. The number of carbonyl (C=O) groups excluding carboxylic acids is 1. The lowest BCUT2D eigenvalue weighted by molar-refractivity contribution is 0.0576. The molecule has 1 aliphatic heterocycles. The van der Waals surface area contributed by atoms with Gasteiger partial charge in [-0.05, 0) is 69.7 Å². The van der Waals surface area contributed by atoms with Gasteiger partial charge in [0.1, 0.15) is 11.7 Å². The Bertz CT molecular complexity index is 1580. The molecular weight excluding hydrogens is 585 g/mol. The highest BCUT2D eigenvalue weighted by atomic mass is 28.4. The summed E-state index contributed by atoms with van der Waals surface area (Å²) in [6.45, 7) is 21.3. The van der Waals surface area contributed by atoms with Crippen LogP contribution in [0.5, 0.6) is 0 Å². The van der Waals surface area contributed by atoms with Gasteiger partial charge in [0.2, 0.25) is 5.95 Å². The van der Waals surface area contributed by atoms with E-state index in [9.17, 15) is 10.1 Å². The summed E-state index contributed by atoms with van der Waals surface area (Å²) in [6, 6.07) is 9.83. The van der Waals surface area contributed by atoms with Crippen molar-refractivity contribution in [3.05, 3.63) is 47.8 Å². The normalized spacial score (nSPS) is 16.9. The van der Waals surface area contributed by atoms with Gasteiger partial charge in [-0.15, -0.1) is 0 Å². The topological polar surface area (TPSA) is 121 Å². The van der Waals surface area contributed by atoms with Crippen LogP contribution in [0.1, 0.15) is 59.6 Å². The minimum Gasteiger partial charge on any atom is -0.443 e. The lowest BCUT2D eigenvalue weighted by atomic mass is 9.82. The van der Waals surface area contributed by atoms with Crippen LogP contribution in [0.25, 0.3) is 11.3 Å². The molecule has 0 spiro atoms. The number of likely N-dealkylation sites (N-methyl/N-ethyl adjacent to an activating group) is 1. The molecule has 242 valence electrons. The molecule has 0 fully saturated rings. The Hall–Kier alpha value is -3.79. The number of hydrogen-bond donors (Lipinski definition) is 1. The largest absolute Gasteiger partial charge is 0.443 e. The summed E-state index contributed by atoms with van der Waals surface area (Å²) in [6.07, 6.45) is 3.04. The minimum atomic E-state index is -1.88. The summed E-state index contributed by atoms with van der Waals surface area (Å²) in [5.74, 6) is 1.02. The van der Waals surface area contributed by atoms with Crippen molar-refractivity contribution in [2.45, 2.75) is 77.6 Å². The summed E-state index contributed by atoms with van der Waals surface area (Å²) >= 11 is 0. The van der Waals surface area contributed by atoms with Crippen molar-refractivity contribution in [1.82, 2.24) is 24.6 Å². The maximum absolute atomic E-state index is 13.5. The monoisotopic (exact) mass is 632 g/mol. The van der Waals surface area contributed by atoms with Gasteiger partial charge in [-0.1, -0.05) is 27.7 Å². The zero-order chi connectivity index (χ0) is 33.4. The third kappa shape index (κ3) is 7.90. The van der Waals surface area contributed by atoms with Crippen molar-refractivity contribution in [2.75, 3.05) is 43.5 Å². The fraction of sp³-hybridized carbons (Fsp3) is 0.545. The molecule has 45 heavy (non-hydrogen) atoms. The van der Waals surface area contributed by atoms with Crippen LogP contribution in [0, 0.1) is 11.3 Å². The minimum absolute atomic E-state index is 0.133. The van der Waals surface area contributed by atoms with Crippen LogP contribution in [0.15, 0.2) is 36.7 Å². The van der Waals surface area contributed by atoms with Crippen LogP contribution in [0.2, 0.25) is 18.1 Å². The first kappa shape index (κ1) is 34.1. The van der Waals surface area contributed by atoms with Crippen LogP contribution in [-0.2, 0) is 21.6 Å².